The molecule has 1 aliphatic heterocycles. The minimum absolute atomic E-state index is 0.101. The first-order chi connectivity index (χ1) is 12.7. The second-order valence-corrected chi connectivity index (χ2v) is 6.56. The monoisotopic (exact) mass is 426 g/mol. The summed E-state index contributed by atoms with van der Waals surface area (Å²) in [7, 11) is 0. The number of hydrogen-bond acceptors (Lipinski definition) is 6. The molecule has 28 heavy (non-hydrogen) atoms. The molecular formula is C15H17F7O6. The first-order valence-corrected chi connectivity index (χ1v) is 8.21. The van der Waals surface area contributed by atoms with Gasteiger partial charge in [0.15, 0.2) is 6.10 Å². The van der Waals surface area contributed by atoms with Crippen LogP contribution in [0.5, 0.6) is 0 Å². The van der Waals surface area contributed by atoms with Gasteiger partial charge in [0.25, 0.3) is 0 Å². The van der Waals surface area contributed by atoms with Gasteiger partial charge in [0.2, 0.25) is 5.79 Å². The van der Waals surface area contributed by atoms with Gasteiger partial charge in [0.1, 0.15) is 12.7 Å². The Labute approximate surface area is 154 Å². The molecular weight excluding hydrogens is 409 g/mol. The highest BCUT2D eigenvalue weighted by Crippen LogP contribution is 2.41. The quantitative estimate of drug-likeness (QED) is 0.497. The summed E-state index contributed by atoms with van der Waals surface area (Å²) >= 11 is 0. The Balaban J connectivity index is 1.98. The molecule has 1 saturated heterocycles. The number of ether oxygens (including phenoxy) is 4. The highest BCUT2D eigenvalue weighted by molar-refractivity contribution is 5.78. The van der Waals surface area contributed by atoms with Gasteiger partial charge in [-0.25, -0.2) is 9.59 Å². The molecule has 0 amide bonds. The fourth-order valence-corrected chi connectivity index (χ4v) is 2.80. The van der Waals surface area contributed by atoms with Crippen LogP contribution in [0.2, 0.25) is 0 Å². The first kappa shape index (κ1) is 22.7. The van der Waals surface area contributed by atoms with Crippen LogP contribution in [-0.4, -0.2) is 61.2 Å². The SMILES string of the molecule is CC(F)(F)C(=O)OC1CCCCC12OCC(COC(=O)C(F)(F)C(F)(F)F)O2. The predicted molar refractivity (Wildman–Crippen MR) is 74.5 cm³/mol. The summed E-state index contributed by atoms with van der Waals surface area (Å²) in [4.78, 5) is 22.4. The molecule has 0 N–H and O–H groups in total. The van der Waals surface area contributed by atoms with Crippen molar-refractivity contribution in [1.82, 2.24) is 0 Å². The van der Waals surface area contributed by atoms with Crippen LogP contribution in [0, 0.1) is 0 Å². The smallest absolute Gasteiger partial charge is 0.458 e. The van der Waals surface area contributed by atoms with Crippen LogP contribution in [0.25, 0.3) is 0 Å². The molecule has 3 atom stereocenters. The molecule has 1 spiro atoms. The zero-order valence-electron chi connectivity index (χ0n) is 14.5. The molecule has 0 aromatic rings. The molecule has 0 aromatic carbocycles. The Bertz CT molecular complexity index is 603. The van der Waals surface area contributed by atoms with E-state index in [2.05, 4.69) is 4.74 Å². The number of rotatable bonds is 5. The van der Waals surface area contributed by atoms with Crippen LogP contribution in [0.4, 0.5) is 30.7 Å². The van der Waals surface area contributed by atoms with Gasteiger partial charge >= 0.3 is 30.0 Å². The minimum Gasteiger partial charge on any atom is -0.458 e. The Morgan fingerprint density at radius 3 is 2.29 bits per heavy atom. The summed E-state index contributed by atoms with van der Waals surface area (Å²) in [5.74, 6) is -15.7. The van der Waals surface area contributed by atoms with Crippen molar-refractivity contribution in [3.63, 3.8) is 0 Å². The molecule has 0 radical (unpaired) electrons. The van der Waals surface area contributed by atoms with Gasteiger partial charge in [-0.2, -0.15) is 30.7 Å². The van der Waals surface area contributed by atoms with Crippen LogP contribution in [0.1, 0.15) is 32.6 Å². The highest BCUT2D eigenvalue weighted by atomic mass is 19.4. The first-order valence-electron chi connectivity index (χ1n) is 8.21. The van der Waals surface area contributed by atoms with Crippen LogP contribution in [0.15, 0.2) is 0 Å². The average molecular weight is 426 g/mol. The Kier molecular flexibility index (Phi) is 6.19. The molecule has 162 valence electrons. The molecule has 2 aliphatic rings. The fraction of sp³-hybridized carbons (Fsp3) is 0.867. The van der Waals surface area contributed by atoms with E-state index in [0.717, 1.165) is 0 Å². The zero-order valence-corrected chi connectivity index (χ0v) is 14.5. The van der Waals surface area contributed by atoms with Crippen LogP contribution in [-0.2, 0) is 28.5 Å². The summed E-state index contributed by atoms with van der Waals surface area (Å²) in [5.41, 5.74) is 0. The Morgan fingerprint density at radius 1 is 1.07 bits per heavy atom. The average Bonchev–Trinajstić information content (AvgIpc) is 2.96. The van der Waals surface area contributed by atoms with Gasteiger partial charge < -0.3 is 18.9 Å². The maximum Gasteiger partial charge on any atom is 0.465 e. The summed E-state index contributed by atoms with van der Waals surface area (Å²) in [6, 6.07) is 0. The van der Waals surface area contributed by atoms with E-state index in [1.54, 1.807) is 0 Å². The van der Waals surface area contributed by atoms with Crippen molar-refractivity contribution >= 4 is 11.9 Å². The van der Waals surface area contributed by atoms with Crippen molar-refractivity contribution in [2.75, 3.05) is 13.2 Å². The second kappa shape index (κ2) is 7.65. The van der Waals surface area contributed by atoms with Gasteiger partial charge in [-0.3, -0.25) is 0 Å². The molecule has 1 heterocycles. The number of carbonyl (C=O) groups is 2. The molecule has 1 aliphatic carbocycles. The van der Waals surface area contributed by atoms with E-state index >= 15 is 0 Å². The number of carbonyl (C=O) groups excluding carboxylic acids is 2. The highest BCUT2D eigenvalue weighted by Gasteiger charge is 2.65. The molecule has 13 heteroatoms. The summed E-state index contributed by atoms with van der Waals surface area (Å²) in [5, 5.41) is 0. The van der Waals surface area contributed by atoms with Gasteiger partial charge in [0.05, 0.1) is 6.61 Å². The lowest BCUT2D eigenvalue weighted by Crippen LogP contribution is -2.50. The normalized spacial score (nSPS) is 29.0. The summed E-state index contributed by atoms with van der Waals surface area (Å²) < 4.78 is 108. The topological polar surface area (TPSA) is 71.1 Å². The number of alkyl halides is 7. The summed E-state index contributed by atoms with van der Waals surface area (Å²) in [6.45, 7) is -1.04. The van der Waals surface area contributed by atoms with Crippen molar-refractivity contribution in [3.8, 4) is 0 Å². The van der Waals surface area contributed by atoms with Crippen molar-refractivity contribution in [3.05, 3.63) is 0 Å². The third kappa shape index (κ3) is 4.67. The maximum absolute atomic E-state index is 13.1. The maximum atomic E-state index is 13.1. The Morgan fingerprint density at radius 2 is 1.71 bits per heavy atom. The lowest BCUT2D eigenvalue weighted by Gasteiger charge is -2.39. The van der Waals surface area contributed by atoms with Crippen LogP contribution >= 0.6 is 0 Å². The van der Waals surface area contributed by atoms with E-state index in [9.17, 15) is 40.3 Å². The van der Waals surface area contributed by atoms with Crippen molar-refractivity contribution in [2.24, 2.45) is 0 Å². The van der Waals surface area contributed by atoms with Gasteiger partial charge in [-0.05, 0) is 19.3 Å². The molecule has 1 saturated carbocycles. The molecule has 0 aromatic heterocycles. The second-order valence-electron chi connectivity index (χ2n) is 6.56. The lowest BCUT2D eigenvalue weighted by molar-refractivity contribution is -0.282. The number of hydrogen-bond donors (Lipinski definition) is 0. The van der Waals surface area contributed by atoms with E-state index in [1.165, 1.54) is 0 Å². The molecule has 6 nitrogen and oxygen atoms in total. The third-order valence-electron chi connectivity index (χ3n) is 4.23. The lowest BCUT2D eigenvalue weighted by atomic mass is 9.91. The fourth-order valence-electron chi connectivity index (χ4n) is 2.80. The minimum atomic E-state index is -6.12. The zero-order chi connectivity index (χ0) is 21.4. The van der Waals surface area contributed by atoms with E-state index in [4.69, 9.17) is 14.2 Å². The van der Waals surface area contributed by atoms with Crippen molar-refractivity contribution in [2.45, 2.75) is 68.6 Å². The van der Waals surface area contributed by atoms with E-state index in [-0.39, 0.29) is 19.4 Å². The van der Waals surface area contributed by atoms with Crippen molar-refractivity contribution < 1.29 is 59.3 Å². The van der Waals surface area contributed by atoms with Crippen LogP contribution in [0.3, 0.4) is 0 Å². The number of esters is 2. The van der Waals surface area contributed by atoms with Gasteiger partial charge in [-0.15, -0.1) is 0 Å². The van der Waals surface area contributed by atoms with E-state index in [0.29, 0.717) is 19.8 Å². The number of halogens is 7. The standard InChI is InChI=1S/C15H17F7O6/c1-12(16,17)10(23)27-9-4-2-3-5-13(9)26-7-8(28-13)6-25-11(24)14(18,19)15(20,21)22/h8-9H,2-7H2,1H3. The third-order valence-corrected chi connectivity index (χ3v) is 4.23. The Hall–Kier alpha value is -1.63. The van der Waals surface area contributed by atoms with E-state index < -0.39 is 54.6 Å². The molecule has 0 bridgehead atoms. The predicted octanol–water partition coefficient (Wildman–Crippen LogP) is 2.98. The van der Waals surface area contributed by atoms with Gasteiger partial charge in [-0.1, -0.05) is 0 Å². The van der Waals surface area contributed by atoms with E-state index in [1.807, 2.05) is 0 Å². The van der Waals surface area contributed by atoms with Gasteiger partial charge in [0, 0.05) is 13.3 Å². The molecule has 2 fully saturated rings. The van der Waals surface area contributed by atoms with Crippen molar-refractivity contribution in [1.29, 1.82) is 0 Å². The van der Waals surface area contributed by atoms with Crippen LogP contribution < -0.4 is 0 Å². The summed E-state index contributed by atoms with van der Waals surface area (Å²) in [6.07, 6.45) is -7.39. The largest absolute Gasteiger partial charge is 0.465 e. The molecule has 2 rings (SSSR count). The molecule has 3 unspecified atom stereocenters.